The Bertz CT molecular complexity index is 1320. The Morgan fingerprint density at radius 2 is 2.00 bits per heavy atom. The smallest absolute Gasteiger partial charge is 0.260 e. The molecule has 2 N–H and O–H groups in total. The Morgan fingerprint density at radius 1 is 1.18 bits per heavy atom. The van der Waals surface area contributed by atoms with Crippen molar-refractivity contribution < 1.29 is 4.79 Å². The normalized spacial score (nSPS) is 14.6. The molecule has 5 rings (SSSR count). The summed E-state index contributed by atoms with van der Waals surface area (Å²) in [6, 6.07) is 9.86. The first-order valence-corrected chi connectivity index (χ1v) is 13.8. The Balaban J connectivity index is 1.25. The number of H-pyrrole nitrogens is 1. The zero-order valence-electron chi connectivity index (χ0n) is 18.2. The minimum absolute atomic E-state index is 0.0742. The molecule has 0 radical (unpaired) electrons. The Kier molecular flexibility index (Phi) is 6.62. The van der Waals surface area contributed by atoms with Gasteiger partial charge in [-0.2, -0.15) is 0 Å². The van der Waals surface area contributed by atoms with E-state index >= 15 is 0 Å². The third-order valence-corrected chi connectivity index (χ3v) is 8.84. The number of fused-ring (bicyclic) bond motifs is 2. The molecule has 170 valence electrons. The van der Waals surface area contributed by atoms with Crippen molar-refractivity contribution in [2.75, 3.05) is 5.32 Å². The van der Waals surface area contributed by atoms with Gasteiger partial charge in [-0.05, 0) is 38.2 Å². The largest absolute Gasteiger partial charge is 0.309 e. The van der Waals surface area contributed by atoms with Crippen LogP contribution in [0.5, 0.6) is 0 Å². The number of benzene rings is 1. The summed E-state index contributed by atoms with van der Waals surface area (Å²) in [7, 11) is 0. The summed E-state index contributed by atoms with van der Waals surface area (Å²) in [5.41, 5.74) is 2.91. The summed E-state index contributed by atoms with van der Waals surface area (Å²) in [6.45, 7) is 1.87. The molecule has 6 nitrogen and oxygen atoms in total. The molecule has 1 unspecified atom stereocenters. The third-order valence-electron chi connectivity index (χ3n) is 5.74. The average molecular weight is 497 g/mol. The van der Waals surface area contributed by atoms with Crippen LogP contribution in [0.4, 0.5) is 5.13 Å². The zero-order chi connectivity index (χ0) is 22.8. The maximum Gasteiger partial charge on any atom is 0.260 e. The number of aromatic amines is 1. The second-order valence-electron chi connectivity index (χ2n) is 8.10. The van der Waals surface area contributed by atoms with Crippen molar-refractivity contribution in [3.63, 3.8) is 0 Å². The third kappa shape index (κ3) is 4.90. The van der Waals surface area contributed by atoms with Crippen LogP contribution >= 0.6 is 34.4 Å². The molecule has 0 aliphatic heterocycles. The van der Waals surface area contributed by atoms with Gasteiger partial charge in [0.25, 0.3) is 5.56 Å². The van der Waals surface area contributed by atoms with Gasteiger partial charge in [-0.3, -0.25) is 9.59 Å². The number of anilines is 1. The van der Waals surface area contributed by atoms with Crippen molar-refractivity contribution in [2.45, 2.75) is 50.0 Å². The van der Waals surface area contributed by atoms with E-state index in [9.17, 15) is 9.59 Å². The highest BCUT2D eigenvalue weighted by Gasteiger charge is 2.20. The van der Waals surface area contributed by atoms with E-state index in [1.165, 1.54) is 47.2 Å². The van der Waals surface area contributed by atoms with Crippen molar-refractivity contribution in [1.29, 1.82) is 0 Å². The molecule has 4 aromatic rings. The van der Waals surface area contributed by atoms with E-state index in [2.05, 4.69) is 20.3 Å². The van der Waals surface area contributed by atoms with Gasteiger partial charge in [0.2, 0.25) is 5.91 Å². The molecular formula is C24H24N4O2S3. The minimum atomic E-state index is -0.294. The Labute approximate surface area is 203 Å². The first kappa shape index (κ1) is 22.3. The quantitative estimate of drug-likeness (QED) is 0.338. The molecule has 1 atom stereocenters. The van der Waals surface area contributed by atoms with E-state index in [4.69, 9.17) is 0 Å². The summed E-state index contributed by atoms with van der Waals surface area (Å²) in [5, 5.41) is 5.97. The highest BCUT2D eigenvalue weighted by molar-refractivity contribution is 7.99. The number of thiazole rings is 1. The van der Waals surface area contributed by atoms with Crippen LogP contribution in [0, 0.1) is 0 Å². The standard InChI is InChI=1S/C24H24N4O2S3/c1-14(21(29)28-24-25-17-10-6-3-7-11-18(17)33-24)31-13-19-26-22(30)20-16(12-32-23(20)27-19)15-8-4-2-5-9-15/h2,4-5,8-9,12,14H,3,6-7,10-11,13H2,1H3,(H,25,28,29)(H,26,27,30). The van der Waals surface area contributed by atoms with Crippen LogP contribution in [0.15, 0.2) is 40.5 Å². The average Bonchev–Trinajstić information content (AvgIpc) is 3.35. The van der Waals surface area contributed by atoms with E-state index < -0.39 is 0 Å². The fourth-order valence-corrected chi connectivity index (χ4v) is 6.74. The number of nitrogens with one attached hydrogen (secondary N) is 2. The molecule has 0 spiro atoms. The van der Waals surface area contributed by atoms with Crippen LogP contribution in [0.25, 0.3) is 21.3 Å². The van der Waals surface area contributed by atoms with Gasteiger partial charge in [0.15, 0.2) is 5.13 Å². The van der Waals surface area contributed by atoms with Gasteiger partial charge in [-0.1, -0.05) is 36.8 Å². The van der Waals surface area contributed by atoms with Crippen molar-refractivity contribution in [2.24, 2.45) is 0 Å². The van der Waals surface area contributed by atoms with Crippen molar-refractivity contribution in [3.8, 4) is 11.1 Å². The lowest BCUT2D eigenvalue weighted by Gasteiger charge is -2.10. The molecule has 0 bridgehead atoms. The maximum atomic E-state index is 12.8. The van der Waals surface area contributed by atoms with E-state index in [0.717, 1.165) is 34.5 Å². The van der Waals surface area contributed by atoms with Gasteiger partial charge < -0.3 is 10.3 Å². The lowest BCUT2D eigenvalue weighted by Crippen LogP contribution is -2.23. The molecule has 33 heavy (non-hydrogen) atoms. The van der Waals surface area contributed by atoms with Gasteiger partial charge in [-0.15, -0.1) is 34.4 Å². The molecule has 1 aliphatic rings. The van der Waals surface area contributed by atoms with Gasteiger partial charge in [0, 0.05) is 15.8 Å². The second-order valence-corrected chi connectivity index (χ2v) is 11.4. The summed E-state index contributed by atoms with van der Waals surface area (Å²) in [4.78, 5) is 39.7. The molecule has 3 aromatic heterocycles. The molecule has 1 amide bonds. The van der Waals surface area contributed by atoms with Crippen LogP contribution in [0.3, 0.4) is 0 Å². The highest BCUT2D eigenvalue weighted by Crippen LogP contribution is 2.31. The second kappa shape index (κ2) is 9.79. The summed E-state index contributed by atoms with van der Waals surface area (Å²) < 4.78 is 0. The van der Waals surface area contributed by atoms with Crippen LogP contribution in [-0.2, 0) is 23.4 Å². The SMILES string of the molecule is CC(SCc1nc2scc(-c3ccccc3)c2c(=O)[nH]1)C(=O)Nc1nc2c(s1)CCCCC2. The summed E-state index contributed by atoms with van der Waals surface area (Å²) >= 11 is 4.52. The number of thioether (sulfide) groups is 1. The predicted octanol–water partition coefficient (Wildman–Crippen LogP) is 5.64. The van der Waals surface area contributed by atoms with E-state index in [0.29, 0.717) is 22.1 Å². The monoisotopic (exact) mass is 496 g/mol. The fourth-order valence-electron chi connectivity index (χ4n) is 3.96. The topological polar surface area (TPSA) is 87.7 Å². The van der Waals surface area contributed by atoms with Crippen LogP contribution in [-0.4, -0.2) is 26.1 Å². The highest BCUT2D eigenvalue weighted by atomic mass is 32.2. The maximum absolute atomic E-state index is 12.8. The summed E-state index contributed by atoms with van der Waals surface area (Å²) in [6.07, 6.45) is 5.68. The minimum Gasteiger partial charge on any atom is -0.309 e. The van der Waals surface area contributed by atoms with Gasteiger partial charge in [0.1, 0.15) is 10.7 Å². The number of amides is 1. The molecule has 1 aromatic carbocycles. The molecule has 0 fully saturated rings. The lowest BCUT2D eigenvalue weighted by molar-refractivity contribution is -0.115. The molecule has 1 aliphatic carbocycles. The van der Waals surface area contributed by atoms with Crippen LogP contribution in [0.1, 0.15) is 42.6 Å². The number of hydrogen-bond donors (Lipinski definition) is 2. The first-order chi connectivity index (χ1) is 16.1. The fraction of sp³-hybridized carbons (Fsp3) is 0.333. The molecule has 0 saturated heterocycles. The Morgan fingerprint density at radius 3 is 2.85 bits per heavy atom. The van der Waals surface area contributed by atoms with Crippen LogP contribution in [0.2, 0.25) is 0 Å². The number of carbonyl (C=O) groups is 1. The number of aromatic nitrogens is 3. The van der Waals surface area contributed by atoms with Gasteiger partial charge in [0.05, 0.1) is 22.1 Å². The number of nitrogens with zero attached hydrogens (tertiary/aromatic N) is 2. The van der Waals surface area contributed by atoms with E-state index in [-0.39, 0.29) is 16.7 Å². The van der Waals surface area contributed by atoms with Gasteiger partial charge in [-0.25, -0.2) is 9.97 Å². The van der Waals surface area contributed by atoms with Crippen molar-refractivity contribution in [3.05, 3.63) is 62.5 Å². The molecule has 3 heterocycles. The molecule has 0 saturated carbocycles. The lowest BCUT2D eigenvalue weighted by atomic mass is 10.1. The number of carbonyl (C=O) groups excluding carboxylic acids is 1. The zero-order valence-corrected chi connectivity index (χ0v) is 20.7. The predicted molar refractivity (Wildman–Crippen MR) is 138 cm³/mol. The van der Waals surface area contributed by atoms with Gasteiger partial charge >= 0.3 is 0 Å². The van der Waals surface area contributed by atoms with E-state index in [1.807, 2.05) is 42.6 Å². The van der Waals surface area contributed by atoms with Crippen LogP contribution < -0.4 is 10.9 Å². The molecular weight excluding hydrogens is 472 g/mol. The van der Waals surface area contributed by atoms with E-state index in [1.54, 1.807) is 11.3 Å². The van der Waals surface area contributed by atoms with Crippen molar-refractivity contribution in [1.82, 2.24) is 15.0 Å². The number of thiophene rings is 1. The first-order valence-electron chi connectivity index (χ1n) is 11.1. The molecule has 9 heteroatoms. The number of hydrogen-bond acceptors (Lipinski definition) is 7. The number of aryl methyl sites for hydroxylation is 2. The summed E-state index contributed by atoms with van der Waals surface area (Å²) in [5.74, 6) is 0.960. The van der Waals surface area contributed by atoms with Crippen molar-refractivity contribution >= 4 is 55.7 Å². The number of rotatable bonds is 6. The Hall–Kier alpha value is -2.49.